The SMILES string of the molecule is CNCc1cc(CN2CC3CCC2C3)c(C)s1. The second-order valence-corrected chi connectivity index (χ2v) is 6.93. The molecule has 1 aliphatic heterocycles. The van der Waals surface area contributed by atoms with Gasteiger partial charge in [0.1, 0.15) is 0 Å². The predicted molar refractivity (Wildman–Crippen MR) is 73.4 cm³/mol. The minimum absolute atomic E-state index is 0.895. The van der Waals surface area contributed by atoms with Crippen LogP contribution in [0.1, 0.15) is 34.6 Å². The Balaban J connectivity index is 1.68. The van der Waals surface area contributed by atoms with E-state index in [1.807, 2.05) is 18.4 Å². The van der Waals surface area contributed by atoms with Crippen molar-refractivity contribution in [3.8, 4) is 0 Å². The zero-order valence-electron chi connectivity index (χ0n) is 10.8. The molecule has 0 radical (unpaired) electrons. The van der Waals surface area contributed by atoms with E-state index in [1.54, 1.807) is 5.56 Å². The lowest BCUT2D eigenvalue weighted by Gasteiger charge is -2.26. The summed E-state index contributed by atoms with van der Waals surface area (Å²) in [6, 6.07) is 3.30. The van der Waals surface area contributed by atoms with E-state index >= 15 is 0 Å². The lowest BCUT2D eigenvalue weighted by atomic mass is 10.1. The first-order valence-corrected chi connectivity index (χ1v) is 7.54. The van der Waals surface area contributed by atoms with Gasteiger partial charge >= 0.3 is 0 Å². The van der Waals surface area contributed by atoms with Crippen LogP contribution in [0.2, 0.25) is 0 Å². The summed E-state index contributed by atoms with van der Waals surface area (Å²) in [7, 11) is 2.02. The molecule has 1 aliphatic carbocycles. The van der Waals surface area contributed by atoms with Gasteiger partial charge in [-0.15, -0.1) is 11.3 Å². The highest BCUT2D eigenvalue weighted by Crippen LogP contribution is 2.38. The minimum Gasteiger partial charge on any atom is -0.315 e. The van der Waals surface area contributed by atoms with Crippen LogP contribution in [-0.4, -0.2) is 24.5 Å². The Morgan fingerprint density at radius 2 is 2.35 bits per heavy atom. The van der Waals surface area contributed by atoms with Crippen LogP contribution >= 0.6 is 11.3 Å². The lowest BCUT2D eigenvalue weighted by Crippen LogP contribution is -2.31. The van der Waals surface area contributed by atoms with Crippen molar-refractivity contribution >= 4 is 11.3 Å². The van der Waals surface area contributed by atoms with Crippen molar-refractivity contribution in [1.82, 2.24) is 10.2 Å². The number of nitrogens with zero attached hydrogens (tertiary/aromatic N) is 1. The molecule has 0 spiro atoms. The Labute approximate surface area is 108 Å². The summed E-state index contributed by atoms with van der Waals surface area (Å²) in [5.74, 6) is 1.01. The number of likely N-dealkylation sites (tertiary alicyclic amines) is 1. The lowest BCUT2D eigenvalue weighted by molar-refractivity contribution is 0.205. The maximum Gasteiger partial charge on any atom is 0.0296 e. The summed E-state index contributed by atoms with van der Waals surface area (Å²) in [5, 5.41) is 3.24. The molecule has 2 unspecified atom stereocenters. The third-order valence-electron chi connectivity index (χ3n) is 4.32. The van der Waals surface area contributed by atoms with Crippen LogP contribution in [0.15, 0.2) is 6.07 Å². The van der Waals surface area contributed by atoms with Crippen LogP contribution < -0.4 is 5.32 Å². The molecular formula is C14H22N2S. The van der Waals surface area contributed by atoms with Crippen molar-refractivity contribution in [2.75, 3.05) is 13.6 Å². The van der Waals surface area contributed by atoms with E-state index < -0.39 is 0 Å². The van der Waals surface area contributed by atoms with Gasteiger partial charge in [-0.25, -0.2) is 0 Å². The minimum atomic E-state index is 0.895. The quantitative estimate of drug-likeness (QED) is 0.884. The summed E-state index contributed by atoms with van der Waals surface area (Å²) in [4.78, 5) is 5.70. The highest BCUT2D eigenvalue weighted by atomic mass is 32.1. The second-order valence-electron chi connectivity index (χ2n) is 5.59. The Morgan fingerprint density at radius 3 is 3.00 bits per heavy atom. The normalized spacial score (nSPS) is 28.1. The molecule has 0 amide bonds. The van der Waals surface area contributed by atoms with Crippen LogP contribution in [0.4, 0.5) is 0 Å². The van der Waals surface area contributed by atoms with Gasteiger partial charge in [-0.1, -0.05) is 0 Å². The monoisotopic (exact) mass is 250 g/mol. The van der Waals surface area contributed by atoms with Gasteiger partial charge in [0, 0.05) is 35.4 Å². The number of nitrogens with one attached hydrogen (secondary N) is 1. The largest absolute Gasteiger partial charge is 0.315 e. The van der Waals surface area contributed by atoms with Gasteiger partial charge in [0.25, 0.3) is 0 Å². The summed E-state index contributed by atoms with van der Waals surface area (Å²) >= 11 is 1.95. The first-order valence-electron chi connectivity index (χ1n) is 6.73. The molecule has 2 bridgehead atoms. The summed E-state index contributed by atoms with van der Waals surface area (Å²) in [5.41, 5.74) is 1.56. The zero-order chi connectivity index (χ0) is 11.8. The highest BCUT2D eigenvalue weighted by Gasteiger charge is 2.37. The van der Waals surface area contributed by atoms with E-state index in [0.29, 0.717) is 0 Å². The predicted octanol–water partition coefficient (Wildman–Crippen LogP) is 2.76. The highest BCUT2D eigenvalue weighted by molar-refractivity contribution is 7.12. The van der Waals surface area contributed by atoms with Crippen molar-refractivity contribution in [3.05, 3.63) is 21.4 Å². The summed E-state index contributed by atoms with van der Waals surface area (Å²) in [6.07, 6.45) is 4.39. The Kier molecular flexibility index (Phi) is 3.24. The number of hydrogen-bond acceptors (Lipinski definition) is 3. The van der Waals surface area contributed by atoms with Gasteiger partial charge in [-0.05, 0) is 50.8 Å². The van der Waals surface area contributed by atoms with Gasteiger partial charge in [0.15, 0.2) is 0 Å². The molecule has 1 N–H and O–H groups in total. The standard InChI is InChI=1S/C14H22N2S/c1-10-12(6-14(17-10)7-15-2)9-16-8-11-3-4-13(16)5-11/h6,11,13,15H,3-5,7-9H2,1-2H3. The van der Waals surface area contributed by atoms with E-state index in [0.717, 1.165) is 18.5 Å². The molecular weight excluding hydrogens is 228 g/mol. The van der Waals surface area contributed by atoms with Crippen LogP contribution in [0, 0.1) is 12.8 Å². The number of rotatable bonds is 4. The first kappa shape index (κ1) is 11.7. The molecule has 2 nitrogen and oxygen atoms in total. The number of piperidine rings is 1. The third-order valence-corrected chi connectivity index (χ3v) is 5.41. The maximum absolute atomic E-state index is 3.24. The Bertz CT molecular complexity index is 399. The smallest absolute Gasteiger partial charge is 0.0296 e. The van der Waals surface area contributed by atoms with Gasteiger partial charge in [-0.2, -0.15) is 0 Å². The van der Waals surface area contributed by atoms with Crippen LogP contribution in [0.5, 0.6) is 0 Å². The molecule has 17 heavy (non-hydrogen) atoms. The topological polar surface area (TPSA) is 15.3 Å². The molecule has 1 aromatic heterocycles. The summed E-state index contributed by atoms with van der Waals surface area (Å²) < 4.78 is 0. The average Bonchev–Trinajstić information content (AvgIpc) is 2.96. The number of fused-ring (bicyclic) bond motifs is 2. The van der Waals surface area contributed by atoms with Gasteiger partial charge in [0.2, 0.25) is 0 Å². The van der Waals surface area contributed by atoms with Crippen molar-refractivity contribution < 1.29 is 0 Å². The Hall–Kier alpha value is -0.380. The average molecular weight is 250 g/mol. The maximum atomic E-state index is 3.24. The molecule has 1 aromatic rings. The molecule has 3 heteroatoms. The molecule has 3 rings (SSSR count). The fourth-order valence-corrected chi connectivity index (χ4v) is 4.51. The van der Waals surface area contributed by atoms with E-state index in [4.69, 9.17) is 0 Å². The number of hydrogen-bond donors (Lipinski definition) is 1. The van der Waals surface area contributed by atoms with Crippen molar-refractivity contribution in [2.24, 2.45) is 5.92 Å². The van der Waals surface area contributed by atoms with E-state index in [2.05, 4.69) is 23.2 Å². The molecule has 2 heterocycles. The van der Waals surface area contributed by atoms with Crippen molar-refractivity contribution in [3.63, 3.8) is 0 Å². The van der Waals surface area contributed by atoms with E-state index in [-0.39, 0.29) is 0 Å². The number of thiophene rings is 1. The second kappa shape index (κ2) is 4.71. The van der Waals surface area contributed by atoms with Gasteiger partial charge in [-0.3, -0.25) is 4.90 Å². The van der Waals surface area contributed by atoms with Crippen LogP contribution in [0.3, 0.4) is 0 Å². The van der Waals surface area contributed by atoms with Crippen LogP contribution in [0.25, 0.3) is 0 Å². The fourth-order valence-electron chi connectivity index (χ4n) is 3.45. The van der Waals surface area contributed by atoms with Gasteiger partial charge in [0.05, 0.1) is 0 Å². The first-order chi connectivity index (χ1) is 8.26. The van der Waals surface area contributed by atoms with Crippen molar-refractivity contribution in [2.45, 2.75) is 45.3 Å². The molecule has 1 saturated heterocycles. The number of aryl methyl sites for hydroxylation is 1. The molecule has 94 valence electrons. The molecule has 2 fully saturated rings. The van der Waals surface area contributed by atoms with E-state index in [9.17, 15) is 0 Å². The molecule has 2 aliphatic rings. The third kappa shape index (κ3) is 2.28. The molecule has 2 atom stereocenters. The summed E-state index contributed by atoms with van der Waals surface area (Å²) in [6.45, 7) is 5.82. The Morgan fingerprint density at radius 1 is 1.47 bits per heavy atom. The zero-order valence-corrected chi connectivity index (χ0v) is 11.6. The fraction of sp³-hybridized carbons (Fsp3) is 0.714. The molecule has 0 aromatic carbocycles. The van der Waals surface area contributed by atoms with Crippen LogP contribution in [-0.2, 0) is 13.1 Å². The van der Waals surface area contributed by atoms with Crippen molar-refractivity contribution in [1.29, 1.82) is 0 Å². The van der Waals surface area contributed by atoms with E-state index in [1.165, 1.54) is 42.1 Å². The van der Waals surface area contributed by atoms with Gasteiger partial charge < -0.3 is 5.32 Å². The molecule has 1 saturated carbocycles.